The van der Waals surface area contributed by atoms with E-state index in [-0.39, 0.29) is 31.9 Å². The second-order valence-corrected chi connectivity index (χ2v) is 11.5. The van der Waals surface area contributed by atoms with Gasteiger partial charge in [0, 0.05) is 27.0 Å². The Morgan fingerprint density at radius 1 is 0.735 bits per heavy atom. The first-order chi connectivity index (χ1) is 15.7. The number of halogens is 6. The average Bonchev–Trinajstić information content (AvgIpc) is 2.71. The molecule has 3 aromatic carbocycles. The van der Waals surface area contributed by atoms with Crippen LogP contribution in [0.25, 0.3) is 0 Å². The second-order valence-electron chi connectivity index (χ2n) is 6.88. The van der Waals surface area contributed by atoms with Crippen molar-refractivity contribution in [1.82, 2.24) is 0 Å². The SMILES string of the molecule is O=S(=O)(Cc1c(Cl)cccc1Cl)Nc1ccc(S(=O)(=O)Nc2ccc(Cl)c(C(F)(F)F)c2)cc1. The van der Waals surface area contributed by atoms with Crippen LogP contribution < -0.4 is 9.44 Å². The van der Waals surface area contributed by atoms with E-state index in [4.69, 9.17) is 34.8 Å². The van der Waals surface area contributed by atoms with Crippen molar-refractivity contribution in [1.29, 1.82) is 0 Å². The van der Waals surface area contributed by atoms with Crippen LogP contribution in [-0.2, 0) is 32.0 Å². The van der Waals surface area contributed by atoms with Crippen LogP contribution in [0.3, 0.4) is 0 Å². The molecule has 6 nitrogen and oxygen atoms in total. The molecule has 2 N–H and O–H groups in total. The van der Waals surface area contributed by atoms with Gasteiger partial charge in [0.2, 0.25) is 10.0 Å². The van der Waals surface area contributed by atoms with Gasteiger partial charge in [-0.3, -0.25) is 9.44 Å². The minimum Gasteiger partial charge on any atom is -0.283 e. The number of hydrogen-bond acceptors (Lipinski definition) is 4. The summed E-state index contributed by atoms with van der Waals surface area (Å²) in [6.07, 6.45) is -4.77. The van der Waals surface area contributed by atoms with E-state index in [2.05, 4.69) is 4.72 Å². The number of nitrogens with one attached hydrogen (secondary N) is 2. The topological polar surface area (TPSA) is 92.3 Å². The predicted octanol–water partition coefficient (Wildman–Crippen LogP) is 6.41. The molecule has 0 aliphatic heterocycles. The van der Waals surface area contributed by atoms with Gasteiger partial charge in [0.1, 0.15) is 0 Å². The van der Waals surface area contributed by atoms with Crippen LogP contribution in [0.15, 0.2) is 65.6 Å². The normalized spacial score (nSPS) is 12.4. The molecule has 0 saturated heterocycles. The molecule has 0 unspecified atom stereocenters. The number of sulfonamides is 2. The zero-order chi connectivity index (χ0) is 25.3. The van der Waals surface area contributed by atoms with Crippen molar-refractivity contribution in [2.45, 2.75) is 16.8 Å². The summed E-state index contributed by atoms with van der Waals surface area (Å²) in [4.78, 5) is -0.312. The largest absolute Gasteiger partial charge is 0.417 e. The Morgan fingerprint density at radius 2 is 1.29 bits per heavy atom. The third kappa shape index (κ3) is 6.48. The van der Waals surface area contributed by atoms with Gasteiger partial charge in [-0.25, -0.2) is 16.8 Å². The molecular formula is C20H14Cl3F3N2O4S2. The molecule has 0 aliphatic carbocycles. The van der Waals surface area contributed by atoms with E-state index in [1.807, 2.05) is 4.72 Å². The molecule has 0 spiro atoms. The van der Waals surface area contributed by atoms with E-state index in [0.29, 0.717) is 6.07 Å². The maximum Gasteiger partial charge on any atom is 0.417 e. The fourth-order valence-corrected chi connectivity index (χ4v) is 6.02. The van der Waals surface area contributed by atoms with Crippen molar-refractivity contribution in [3.8, 4) is 0 Å². The Balaban J connectivity index is 1.77. The van der Waals surface area contributed by atoms with Gasteiger partial charge in [0.25, 0.3) is 10.0 Å². The van der Waals surface area contributed by atoms with Gasteiger partial charge in [-0.05, 0) is 54.6 Å². The standard InChI is InChI=1S/C20H14Cl3F3N2O4S2/c21-17-2-1-3-18(22)15(17)11-33(29,30)27-12-4-7-14(8-5-12)34(31,32)28-13-6-9-19(23)16(10-13)20(24,25)26/h1-10,27-28H,11H2. The lowest BCUT2D eigenvalue weighted by atomic mass is 10.2. The van der Waals surface area contributed by atoms with E-state index in [1.165, 1.54) is 24.3 Å². The van der Waals surface area contributed by atoms with Gasteiger partial charge < -0.3 is 0 Å². The van der Waals surface area contributed by atoms with Crippen LogP contribution >= 0.6 is 34.8 Å². The molecule has 0 saturated carbocycles. The quantitative estimate of drug-likeness (QED) is 0.342. The third-order valence-electron chi connectivity index (χ3n) is 4.36. The highest BCUT2D eigenvalue weighted by Gasteiger charge is 2.33. The molecule has 14 heteroatoms. The average molecular weight is 574 g/mol. The van der Waals surface area contributed by atoms with Crippen LogP contribution in [0.4, 0.5) is 24.5 Å². The van der Waals surface area contributed by atoms with Gasteiger partial charge in [-0.15, -0.1) is 0 Å². The Bertz CT molecular complexity index is 1410. The third-order valence-corrected chi connectivity index (χ3v) is 8.01. The van der Waals surface area contributed by atoms with E-state index in [1.54, 1.807) is 6.07 Å². The van der Waals surface area contributed by atoms with E-state index >= 15 is 0 Å². The van der Waals surface area contributed by atoms with E-state index in [0.717, 1.165) is 24.3 Å². The molecule has 0 aliphatic rings. The number of hydrogen-bond donors (Lipinski definition) is 2. The Labute approximate surface area is 208 Å². The molecule has 0 fully saturated rings. The number of alkyl halides is 3. The smallest absolute Gasteiger partial charge is 0.283 e. The molecule has 0 aromatic heterocycles. The van der Waals surface area contributed by atoms with Crippen LogP contribution in [0.2, 0.25) is 15.1 Å². The summed E-state index contributed by atoms with van der Waals surface area (Å²) in [5, 5.41) is -0.243. The first kappa shape index (κ1) is 26.4. The maximum atomic E-state index is 13.0. The fourth-order valence-electron chi connectivity index (χ4n) is 2.80. The molecule has 3 aromatic rings. The van der Waals surface area contributed by atoms with E-state index in [9.17, 15) is 30.0 Å². The molecule has 182 valence electrons. The summed E-state index contributed by atoms with van der Waals surface area (Å²) in [5.41, 5.74) is -1.30. The molecule has 0 amide bonds. The van der Waals surface area contributed by atoms with Gasteiger partial charge in [0.15, 0.2) is 0 Å². The minimum absolute atomic E-state index is 0.0491. The summed E-state index contributed by atoms with van der Waals surface area (Å²) in [6.45, 7) is 0. The predicted molar refractivity (Wildman–Crippen MR) is 126 cm³/mol. The Morgan fingerprint density at radius 3 is 1.85 bits per heavy atom. The fraction of sp³-hybridized carbons (Fsp3) is 0.100. The first-order valence-corrected chi connectivity index (χ1v) is 13.4. The summed E-state index contributed by atoms with van der Waals surface area (Å²) < 4.78 is 93.4. The van der Waals surface area contributed by atoms with Crippen molar-refractivity contribution < 1.29 is 30.0 Å². The lowest BCUT2D eigenvalue weighted by molar-refractivity contribution is -0.137. The summed E-state index contributed by atoms with van der Waals surface area (Å²) in [7, 11) is -8.24. The first-order valence-electron chi connectivity index (χ1n) is 9.11. The Hall–Kier alpha value is -2.18. The van der Waals surface area contributed by atoms with Crippen molar-refractivity contribution >= 4 is 66.2 Å². The number of rotatable bonds is 7. The molecule has 0 bridgehead atoms. The number of benzene rings is 3. The lowest BCUT2D eigenvalue weighted by Gasteiger charge is -2.13. The van der Waals surface area contributed by atoms with Gasteiger partial charge in [-0.1, -0.05) is 40.9 Å². The zero-order valence-corrected chi connectivity index (χ0v) is 20.6. The highest BCUT2D eigenvalue weighted by atomic mass is 35.5. The van der Waals surface area contributed by atoms with Crippen molar-refractivity contribution in [3.63, 3.8) is 0 Å². The minimum atomic E-state index is -4.77. The van der Waals surface area contributed by atoms with Crippen molar-refractivity contribution in [3.05, 3.63) is 86.9 Å². The second kappa shape index (κ2) is 9.82. The highest BCUT2D eigenvalue weighted by Crippen LogP contribution is 2.36. The van der Waals surface area contributed by atoms with Crippen LogP contribution in [0.1, 0.15) is 11.1 Å². The van der Waals surface area contributed by atoms with Crippen LogP contribution in [0, 0.1) is 0 Å². The summed E-state index contributed by atoms with van der Waals surface area (Å²) in [5.74, 6) is -0.523. The van der Waals surface area contributed by atoms with Crippen molar-refractivity contribution in [2.75, 3.05) is 9.44 Å². The number of anilines is 2. The van der Waals surface area contributed by atoms with Crippen molar-refractivity contribution in [2.24, 2.45) is 0 Å². The summed E-state index contributed by atoms with van der Waals surface area (Å²) in [6, 6.07) is 11.7. The van der Waals surface area contributed by atoms with Gasteiger partial charge in [-0.2, -0.15) is 13.2 Å². The maximum absolute atomic E-state index is 13.0. The lowest BCUT2D eigenvalue weighted by Crippen LogP contribution is -2.16. The zero-order valence-electron chi connectivity index (χ0n) is 16.7. The van der Waals surface area contributed by atoms with Gasteiger partial charge in [0.05, 0.1) is 21.2 Å². The monoisotopic (exact) mass is 572 g/mol. The summed E-state index contributed by atoms with van der Waals surface area (Å²) >= 11 is 17.5. The van der Waals surface area contributed by atoms with E-state index < -0.39 is 42.6 Å². The molecular weight excluding hydrogens is 560 g/mol. The molecule has 0 heterocycles. The highest BCUT2D eigenvalue weighted by molar-refractivity contribution is 7.92. The van der Waals surface area contributed by atoms with Gasteiger partial charge >= 0.3 is 6.18 Å². The van der Waals surface area contributed by atoms with Crippen LogP contribution in [0.5, 0.6) is 0 Å². The molecule has 0 atom stereocenters. The molecule has 0 radical (unpaired) electrons. The molecule has 3 rings (SSSR count). The molecule has 34 heavy (non-hydrogen) atoms. The Kier molecular flexibility index (Phi) is 7.63. The van der Waals surface area contributed by atoms with Crippen LogP contribution in [-0.4, -0.2) is 16.8 Å².